The average Bonchev–Trinajstić information content (AvgIpc) is 2.46. The molecule has 1 aliphatic rings. The number of benzene rings is 1. The molecule has 2 rings (SSSR count). The van der Waals surface area contributed by atoms with E-state index >= 15 is 0 Å². The van der Waals surface area contributed by atoms with Crippen LogP contribution in [0.25, 0.3) is 0 Å². The highest BCUT2D eigenvalue weighted by molar-refractivity contribution is 6.32. The van der Waals surface area contributed by atoms with Crippen molar-refractivity contribution >= 4 is 29.2 Å². The number of carbonyl (C=O) groups excluding carboxylic acids is 1. The first-order valence-electron chi connectivity index (χ1n) is 7.10. The summed E-state index contributed by atoms with van der Waals surface area (Å²) in [6, 6.07) is 4.38. The van der Waals surface area contributed by atoms with Gasteiger partial charge in [0.05, 0.1) is 5.02 Å². The fourth-order valence-corrected chi connectivity index (χ4v) is 2.62. The number of hydrogen-bond donors (Lipinski definition) is 2. The molecule has 0 bridgehead atoms. The van der Waals surface area contributed by atoms with E-state index in [1.54, 1.807) is 0 Å². The van der Waals surface area contributed by atoms with Crippen molar-refractivity contribution in [2.45, 2.75) is 31.6 Å². The topological polar surface area (TPSA) is 75.6 Å². The van der Waals surface area contributed by atoms with Crippen molar-refractivity contribution in [2.24, 2.45) is 5.92 Å². The Kier molecular flexibility index (Phi) is 5.41. The Morgan fingerprint density at radius 1 is 1.35 bits per heavy atom. The van der Waals surface area contributed by atoms with E-state index in [-0.39, 0.29) is 42.4 Å². The van der Waals surface area contributed by atoms with Gasteiger partial charge >= 0.3 is 5.97 Å². The van der Waals surface area contributed by atoms with Crippen LogP contribution in [-0.4, -0.2) is 29.5 Å². The third kappa shape index (κ3) is 5.06. The summed E-state index contributed by atoms with van der Waals surface area (Å²) in [5, 5.41) is 11.3. The van der Waals surface area contributed by atoms with Crippen LogP contribution in [0.2, 0.25) is 5.02 Å². The summed E-state index contributed by atoms with van der Waals surface area (Å²) in [5.41, 5.74) is 0.403. The molecule has 8 heteroatoms. The Morgan fingerprint density at radius 2 is 2.00 bits per heavy atom. The van der Waals surface area contributed by atoms with Crippen LogP contribution >= 0.6 is 11.6 Å². The maximum Gasteiger partial charge on any atom is 0.341 e. The van der Waals surface area contributed by atoms with E-state index in [1.807, 2.05) is 0 Å². The molecule has 1 saturated carbocycles. The summed E-state index contributed by atoms with van der Waals surface area (Å²) in [4.78, 5) is 22.5. The second-order valence-corrected chi connectivity index (χ2v) is 5.85. The molecule has 1 fully saturated rings. The number of anilines is 1. The standard InChI is InChI=1S/C15H16ClF2NO4/c16-11-7-10(1-2-12(11)23-8-13(20)21)19-14(22)9-3-5-15(17,18)6-4-9/h1-2,7,9H,3-6,8H2,(H,19,22)(H,20,21). The van der Waals surface area contributed by atoms with Crippen molar-refractivity contribution in [3.05, 3.63) is 23.2 Å². The first-order chi connectivity index (χ1) is 10.8. The van der Waals surface area contributed by atoms with Gasteiger partial charge in [0.25, 0.3) is 0 Å². The van der Waals surface area contributed by atoms with Gasteiger partial charge in [0.1, 0.15) is 5.75 Å². The fraction of sp³-hybridized carbons (Fsp3) is 0.467. The molecule has 0 unspecified atom stereocenters. The second kappa shape index (κ2) is 7.12. The van der Waals surface area contributed by atoms with Crippen molar-refractivity contribution in [3.63, 3.8) is 0 Å². The number of aliphatic carboxylic acids is 1. The van der Waals surface area contributed by atoms with Gasteiger partial charge in [-0.1, -0.05) is 11.6 Å². The minimum Gasteiger partial charge on any atom is -0.480 e. The van der Waals surface area contributed by atoms with Crippen molar-refractivity contribution in [2.75, 3.05) is 11.9 Å². The molecular weight excluding hydrogens is 332 g/mol. The van der Waals surface area contributed by atoms with Crippen LogP contribution in [0.15, 0.2) is 18.2 Å². The van der Waals surface area contributed by atoms with E-state index in [1.165, 1.54) is 18.2 Å². The molecule has 1 aliphatic carbocycles. The zero-order valence-electron chi connectivity index (χ0n) is 12.2. The molecule has 0 aliphatic heterocycles. The summed E-state index contributed by atoms with van der Waals surface area (Å²) >= 11 is 5.95. The van der Waals surface area contributed by atoms with Gasteiger partial charge in [0, 0.05) is 24.4 Å². The summed E-state index contributed by atoms with van der Waals surface area (Å²) in [6.45, 7) is -0.526. The predicted octanol–water partition coefficient (Wildman–Crippen LogP) is 3.57. The third-order valence-corrected chi connectivity index (χ3v) is 3.93. The van der Waals surface area contributed by atoms with Gasteiger partial charge in [0.15, 0.2) is 6.61 Å². The zero-order chi connectivity index (χ0) is 17.0. The van der Waals surface area contributed by atoms with Gasteiger partial charge in [-0.2, -0.15) is 0 Å². The lowest BCUT2D eigenvalue weighted by molar-refractivity contribution is -0.139. The highest BCUT2D eigenvalue weighted by Crippen LogP contribution is 2.36. The van der Waals surface area contributed by atoms with Crippen LogP contribution in [0, 0.1) is 5.92 Å². The molecule has 0 atom stereocenters. The molecule has 0 spiro atoms. The Hall–Kier alpha value is -1.89. The number of alkyl halides is 2. The third-order valence-electron chi connectivity index (χ3n) is 3.64. The van der Waals surface area contributed by atoms with E-state index in [9.17, 15) is 18.4 Å². The van der Waals surface area contributed by atoms with E-state index < -0.39 is 24.4 Å². The predicted molar refractivity (Wildman–Crippen MR) is 80.1 cm³/mol. The lowest BCUT2D eigenvalue weighted by Crippen LogP contribution is -2.31. The Labute approximate surface area is 136 Å². The van der Waals surface area contributed by atoms with E-state index in [4.69, 9.17) is 21.4 Å². The number of rotatable bonds is 5. The van der Waals surface area contributed by atoms with Gasteiger partial charge in [-0.25, -0.2) is 13.6 Å². The summed E-state index contributed by atoms with van der Waals surface area (Å²) in [6.07, 6.45) is -0.277. The van der Waals surface area contributed by atoms with Gasteiger partial charge in [-0.3, -0.25) is 4.79 Å². The van der Waals surface area contributed by atoms with Gasteiger partial charge in [-0.15, -0.1) is 0 Å². The number of ether oxygens (including phenoxy) is 1. The van der Waals surface area contributed by atoms with Crippen molar-refractivity contribution in [1.82, 2.24) is 0 Å². The normalized spacial score (nSPS) is 17.5. The zero-order valence-corrected chi connectivity index (χ0v) is 12.9. The number of carboxylic acid groups (broad SMARTS) is 1. The van der Waals surface area contributed by atoms with E-state index in [0.717, 1.165) is 0 Å². The molecule has 23 heavy (non-hydrogen) atoms. The summed E-state index contributed by atoms with van der Waals surface area (Å²) in [7, 11) is 0. The monoisotopic (exact) mass is 347 g/mol. The molecular formula is C15H16ClF2NO4. The SMILES string of the molecule is O=C(O)COc1ccc(NC(=O)C2CCC(F)(F)CC2)cc1Cl. The van der Waals surface area contributed by atoms with E-state index in [0.29, 0.717) is 5.69 Å². The number of amides is 1. The molecule has 126 valence electrons. The largest absolute Gasteiger partial charge is 0.480 e. The summed E-state index contributed by atoms with van der Waals surface area (Å²) in [5.74, 6) is -4.40. The Balaban J connectivity index is 1.94. The van der Waals surface area contributed by atoms with Gasteiger partial charge in [-0.05, 0) is 31.0 Å². The summed E-state index contributed by atoms with van der Waals surface area (Å²) < 4.78 is 31.1. The van der Waals surface area contributed by atoms with Crippen molar-refractivity contribution in [3.8, 4) is 5.75 Å². The molecule has 0 heterocycles. The number of nitrogens with one attached hydrogen (secondary N) is 1. The molecule has 1 aromatic carbocycles. The lowest BCUT2D eigenvalue weighted by atomic mass is 9.86. The van der Waals surface area contributed by atoms with Crippen LogP contribution in [0.3, 0.4) is 0 Å². The quantitative estimate of drug-likeness (QED) is 0.853. The van der Waals surface area contributed by atoms with Crippen molar-refractivity contribution in [1.29, 1.82) is 0 Å². The molecule has 1 aromatic rings. The Morgan fingerprint density at radius 3 is 2.57 bits per heavy atom. The van der Waals surface area contributed by atoms with Crippen LogP contribution < -0.4 is 10.1 Å². The fourth-order valence-electron chi connectivity index (χ4n) is 2.38. The molecule has 2 N–H and O–H groups in total. The maximum atomic E-state index is 13.1. The molecule has 0 radical (unpaired) electrons. The molecule has 1 amide bonds. The second-order valence-electron chi connectivity index (χ2n) is 5.45. The first-order valence-corrected chi connectivity index (χ1v) is 7.47. The number of hydrogen-bond acceptors (Lipinski definition) is 3. The highest BCUT2D eigenvalue weighted by Gasteiger charge is 2.37. The van der Waals surface area contributed by atoms with Crippen LogP contribution in [-0.2, 0) is 9.59 Å². The maximum absolute atomic E-state index is 13.1. The number of carbonyl (C=O) groups is 2. The van der Waals surface area contributed by atoms with Gasteiger partial charge in [0.2, 0.25) is 11.8 Å². The van der Waals surface area contributed by atoms with Crippen LogP contribution in [0.4, 0.5) is 14.5 Å². The van der Waals surface area contributed by atoms with Gasteiger partial charge < -0.3 is 15.2 Å². The average molecular weight is 348 g/mol. The molecule has 0 saturated heterocycles. The minimum atomic E-state index is -2.68. The Bertz CT molecular complexity index is 599. The molecule has 5 nitrogen and oxygen atoms in total. The number of carboxylic acids is 1. The lowest BCUT2D eigenvalue weighted by Gasteiger charge is -2.27. The first kappa shape index (κ1) is 17.5. The van der Waals surface area contributed by atoms with E-state index in [2.05, 4.69) is 5.32 Å². The number of halogens is 3. The molecule has 0 aromatic heterocycles. The smallest absolute Gasteiger partial charge is 0.341 e. The van der Waals surface area contributed by atoms with Crippen LogP contribution in [0.5, 0.6) is 5.75 Å². The minimum absolute atomic E-state index is 0.145. The van der Waals surface area contributed by atoms with Crippen molar-refractivity contribution < 1.29 is 28.2 Å². The van der Waals surface area contributed by atoms with Crippen LogP contribution in [0.1, 0.15) is 25.7 Å². The highest BCUT2D eigenvalue weighted by atomic mass is 35.5.